The molecular formula is C12H17N3O4. The van der Waals surface area contributed by atoms with Gasteiger partial charge in [-0.15, -0.1) is 0 Å². The second kappa shape index (κ2) is 6.81. The first-order valence-electron chi connectivity index (χ1n) is 5.83. The first-order chi connectivity index (χ1) is 8.95. The lowest BCUT2D eigenvalue weighted by molar-refractivity contribution is -0.384. The molecule has 0 radical (unpaired) electrons. The predicted molar refractivity (Wildman–Crippen MR) is 69.6 cm³/mol. The molecule has 1 aromatic rings. The van der Waals surface area contributed by atoms with Crippen molar-refractivity contribution in [3.63, 3.8) is 0 Å². The highest BCUT2D eigenvalue weighted by Crippen LogP contribution is 2.17. The minimum atomic E-state index is -0.826. The molecule has 2 atom stereocenters. The molecule has 0 saturated heterocycles. The zero-order valence-electron chi connectivity index (χ0n) is 10.8. The molecule has 1 rings (SSSR count). The molecule has 0 aliphatic heterocycles. The minimum absolute atomic E-state index is 0.0253. The van der Waals surface area contributed by atoms with Crippen LogP contribution in [0.25, 0.3) is 0 Å². The third kappa shape index (κ3) is 4.31. The van der Waals surface area contributed by atoms with E-state index < -0.39 is 17.1 Å². The van der Waals surface area contributed by atoms with Crippen molar-refractivity contribution in [2.24, 2.45) is 0 Å². The number of aliphatic hydroxyl groups is 1. The zero-order chi connectivity index (χ0) is 14.4. The number of nitrogens with one attached hydrogen (secondary N) is 2. The molecule has 0 bridgehead atoms. The van der Waals surface area contributed by atoms with Gasteiger partial charge in [-0.1, -0.05) is 0 Å². The quantitative estimate of drug-likeness (QED) is 0.509. The van der Waals surface area contributed by atoms with Gasteiger partial charge in [-0.25, -0.2) is 0 Å². The van der Waals surface area contributed by atoms with Crippen molar-refractivity contribution in [2.75, 3.05) is 13.6 Å². The van der Waals surface area contributed by atoms with Gasteiger partial charge in [0.25, 0.3) is 5.69 Å². The maximum atomic E-state index is 11.3. The molecule has 0 fully saturated rings. The van der Waals surface area contributed by atoms with Gasteiger partial charge in [-0.2, -0.15) is 0 Å². The molecule has 0 heterocycles. The highest BCUT2D eigenvalue weighted by molar-refractivity contribution is 5.80. The molecule has 0 saturated carbocycles. The molecule has 0 spiro atoms. The van der Waals surface area contributed by atoms with E-state index in [0.717, 1.165) is 0 Å². The monoisotopic (exact) mass is 267 g/mol. The Hall–Kier alpha value is -1.99. The molecule has 3 N–H and O–H groups in total. The number of rotatable bonds is 6. The van der Waals surface area contributed by atoms with Gasteiger partial charge in [0.05, 0.1) is 17.1 Å². The van der Waals surface area contributed by atoms with Crippen LogP contribution in [-0.2, 0) is 4.79 Å². The van der Waals surface area contributed by atoms with Gasteiger partial charge in [0.15, 0.2) is 0 Å². The van der Waals surface area contributed by atoms with E-state index in [0.29, 0.717) is 5.56 Å². The minimum Gasteiger partial charge on any atom is -0.387 e. The van der Waals surface area contributed by atoms with E-state index in [1.165, 1.54) is 31.3 Å². The summed E-state index contributed by atoms with van der Waals surface area (Å²) in [7, 11) is 1.53. The summed E-state index contributed by atoms with van der Waals surface area (Å²) in [5, 5.41) is 25.7. The number of carbonyl (C=O) groups excluding carboxylic acids is 1. The van der Waals surface area contributed by atoms with Gasteiger partial charge in [0.2, 0.25) is 5.91 Å². The summed E-state index contributed by atoms with van der Waals surface area (Å²) < 4.78 is 0. The number of amides is 1. The Balaban J connectivity index is 2.56. The predicted octanol–water partition coefficient (Wildman–Crippen LogP) is 0.352. The number of nitro groups is 1. The third-order valence-electron chi connectivity index (χ3n) is 2.75. The van der Waals surface area contributed by atoms with E-state index in [-0.39, 0.29) is 18.1 Å². The van der Waals surface area contributed by atoms with Crippen LogP contribution in [-0.4, -0.2) is 35.6 Å². The van der Waals surface area contributed by atoms with Crippen LogP contribution in [0.3, 0.4) is 0 Å². The number of aliphatic hydroxyl groups excluding tert-OH is 1. The maximum absolute atomic E-state index is 11.3. The average Bonchev–Trinajstić information content (AvgIpc) is 2.43. The smallest absolute Gasteiger partial charge is 0.269 e. The molecular weight excluding hydrogens is 250 g/mol. The number of non-ortho nitro benzene ring substituents is 1. The lowest BCUT2D eigenvalue weighted by atomic mass is 10.1. The van der Waals surface area contributed by atoms with Crippen molar-refractivity contribution in [3.8, 4) is 0 Å². The largest absolute Gasteiger partial charge is 0.387 e. The number of nitrogens with zero attached hydrogens (tertiary/aromatic N) is 1. The van der Waals surface area contributed by atoms with Crippen LogP contribution in [0.2, 0.25) is 0 Å². The molecule has 7 heteroatoms. The lowest BCUT2D eigenvalue weighted by Crippen LogP contribution is -2.42. The van der Waals surface area contributed by atoms with Crippen LogP contribution in [0.5, 0.6) is 0 Å². The Morgan fingerprint density at radius 2 is 2.00 bits per heavy atom. The summed E-state index contributed by atoms with van der Waals surface area (Å²) in [6, 6.07) is 5.24. The molecule has 0 aliphatic carbocycles. The molecule has 0 aromatic heterocycles. The number of likely N-dealkylation sites (N-methyl/N-ethyl adjacent to an activating group) is 1. The molecule has 104 valence electrons. The van der Waals surface area contributed by atoms with E-state index in [1.807, 2.05) is 0 Å². The Labute approximate surface area is 110 Å². The Morgan fingerprint density at radius 3 is 2.47 bits per heavy atom. The summed E-state index contributed by atoms with van der Waals surface area (Å²) in [6.45, 7) is 1.87. The van der Waals surface area contributed by atoms with Crippen LogP contribution in [0.4, 0.5) is 5.69 Å². The molecule has 2 unspecified atom stereocenters. The van der Waals surface area contributed by atoms with Crippen molar-refractivity contribution in [1.82, 2.24) is 10.6 Å². The van der Waals surface area contributed by atoms with Gasteiger partial charge >= 0.3 is 0 Å². The van der Waals surface area contributed by atoms with Gasteiger partial charge in [0.1, 0.15) is 0 Å². The summed E-state index contributed by atoms with van der Waals surface area (Å²) in [5.74, 6) is -0.170. The first kappa shape index (κ1) is 15.1. The van der Waals surface area contributed by atoms with Gasteiger partial charge in [-0.05, 0) is 24.6 Å². The second-order valence-electron chi connectivity index (χ2n) is 4.11. The van der Waals surface area contributed by atoms with Gasteiger partial charge in [-0.3, -0.25) is 14.9 Å². The van der Waals surface area contributed by atoms with Crippen molar-refractivity contribution in [2.45, 2.75) is 19.1 Å². The van der Waals surface area contributed by atoms with Gasteiger partial charge < -0.3 is 15.7 Å². The maximum Gasteiger partial charge on any atom is 0.269 e. The number of benzene rings is 1. The molecule has 7 nitrogen and oxygen atoms in total. The standard InChI is InChI=1S/C12H17N3O4/c1-8(12(17)13-2)14-7-11(16)9-3-5-10(6-4-9)15(18)19/h3-6,8,11,14,16H,7H2,1-2H3,(H,13,17). The van der Waals surface area contributed by atoms with Crippen molar-refractivity contribution in [3.05, 3.63) is 39.9 Å². The Kier molecular flexibility index (Phi) is 5.40. The van der Waals surface area contributed by atoms with Crippen LogP contribution in [0.15, 0.2) is 24.3 Å². The number of carbonyl (C=O) groups is 1. The Bertz CT molecular complexity index is 447. The summed E-state index contributed by atoms with van der Waals surface area (Å²) in [5.41, 5.74) is 0.532. The van der Waals surface area contributed by atoms with Crippen LogP contribution < -0.4 is 10.6 Å². The van der Waals surface area contributed by atoms with Crippen LogP contribution in [0, 0.1) is 10.1 Å². The van der Waals surface area contributed by atoms with E-state index in [1.54, 1.807) is 6.92 Å². The Morgan fingerprint density at radius 1 is 1.42 bits per heavy atom. The van der Waals surface area contributed by atoms with Gasteiger partial charge in [0, 0.05) is 25.7 Å². The van der Waals surface area contributed by atoms with E-state index in [4.69, 9.17) is 0 Å². The van der Waals surface area contributed by atoms with E-state index in [2.05, 4.69) is 10.6 Å². The summed E-state index contributed by atoms with van der Waals surface area (Å²) in [6.07, 6.45) is -0.826. The molecule has 19 heavy (non-hydrogen) atoms. The fraction of sp³-hybridized carbons (Fsp3) is 0.417. The number of hydrogen-bond acceptors (Lipinski definition) is 5. The van der Waals surface area contributed by atoms with Crippen molar-refractivity contribution in [1.29, 1.82) is 0 Å². The zero-order valence-corrected chi connectivity index (χ0v) is 10.8. The third-order valence-corrected chi connectivity index (χ3v) is 2.75. The lowest BCUT2D eigenvalue weighted by Gasteiger charge is -2.16. The summed E-state index contributed by atoms with van der Waals surface area (Å²) >= 11 is 0. The fourth-order valence-electron chi connectivity index (χ4n) is 1.53. The van der Waals surface area contributed by atoms with E-state index >= 15 is 0 Å². The fourth-order valence-corrected chi connectivity index (χ4v) is 1.53. The average molecular weight is 267 g/mol. The highest BCUT2D eigenvalue weighted by Gasteiger charge is 2.14. The van der Waals surface area contributed by atoms with E-state index in [9.17, 15) is 20.0 Å². The number of hydrogen-bond donors (Lipinski definition) is 3. The van der Waals surface area contributed by atoms with Crippen LogP contribution in [0.1, 0.15) is 18.6 Å². The SMILES string of the molecule is CNC(=O)C(C)NCC(O)c1ccc([N+](=O)[O-])cc1. The molecule has 0 aliphatic rings. The van der Waals surface area contributed by atoms with Crippen LogP contribution >= 0.6 is 0 Å². The molecule has 1 amide bonds. The second-order valence-corrected chi connectivity index (χ2v) is 4.11. The van der Waals surface area contributed by atoms with Crippen molar-refractivity contribution < 1.29 is 14.8 Å². The molecule has 1 aromatic carbocycles. The number of nitro benzene ring substituents is 1. The normalized spacial score (nSPS) is 13.6. The van der Waals surface area contributed by atoms with Crippen molar-refractivity contribution >= 4 is 11.6 Å². The highest BCUT2D eigenvalue weighted by atomic mass is 16.6. The first-order valence-corrected chi connectivity index (χ1v) is 5.83. The summed E-state index contributed by atoms with van der Waals surface area (Å²) in [4.78, 5) is 21.2. The topological polar surface area (TPSA) is 104 Å².